The van der Waals surface area contributed by atoms with Gasteiger partial charge in [-0.05, 0) is 52.0 Å². The highest BCUT2D eigenvalue weighted by molar-refractivity contribution is 7.89. The number of nitrogens with zero attached hydrogens (tertiary/aromatic N) is 1. The summed E-state index contributed by atoms with van der Waals surface area (Å²) in [6.07, 6.45) is 0. The maximum absolute atomic E-state index is 12.3. The van der Waals surface area contributed by atoms with Gasteiger partial charge in [-0.3, -0.25) is 0 Å². The van der Waals surface area contributed by atoms with Gasteiger partial charge in [0.1, 0.15) is 17.1 Å². The molecule has 0 bridgehead atoms. The molecular formula is C20H30N4O4S. The van der Waals surface area contributed by atoms with Crippen LogP contribution in [0.1, 0.15) is 30.9 Å². The van der Waals surface area contributed by atoms with Crippen LogP contribution in [0.5, 0.6) is 0 Å². The van der Waals surface area contributed by atoms with Crippen molar-refractivity contribution in [2.24, 2.45) is 4.99 Å². The second-order valence-corrected chi connectivity index (χ2v) is 8.78. The van der Waals surface area contributed by atoms with Crippen molar-refractivity contribution in [3.8, 4) is 0 Å². The van der Waals surface area contributed by atoms with Crippen molar-refractivity contribution < 1.29 is 17.9 Å². The monoisotopic (exact) mass is 422 g/mol. The first-order valence-electron chi connectivity index (χ1n) is 9.52. The Morgan fingerprint density at radius 1 is 1.10 bits per heavy atom. The first-order chi connectivity index (χ1) is 13.6. The van der Waals surface area contributed by atoms with Gasteiger partial charge in [0, 0.05) is 19.6 Å². The van der Waals surface area contributed by atoms with E-state index < -0.39 is 15.6 Å². The minimum Gasteiger partial charge on any atom is -0.463 e. The largest absolute Gasteiger partial charge is 0.463 e. The Kier molecular flexibility index (Phi) is 7.83. The topological polar surface area (TPSA) is 116 Å². The summed E-state index contributed by atoms with van der Waals surface area (Å²) in [5.74, 6) is 1.64. The number of guanidine groups is 1. The van der Waals surface area contributed by atoms with E-state index in [0.29, 0.717) is 24.8 Å². The molecular weight excluding hydrogens is 392 g/mol. The fraction of sp³-hybridized carbons (Fsp3) is 0.450. The van der Waals surface area contributed by atoms with Gasteiger partial charge < -0.3 is 20.2 Å². The number of furan rings is 1. The molecule has 4 N–H and O–H groups in total. The van der Waals surface area contributed by atoms with Crippen molar-refractivity contribution in [2.75, 3.05) is 26.2 Å². The third-order valence-corrected chi connectivity index (χ3v) is 5.68. The lowest BCUT2D eigenvalue weighted by atomic mass is 10.0. The number of hydrogen-bond acceptors (Lipinski definition) is 5. The molecule has 1 aromatic heterocycles. The van der Waals surface area contributed by atoms with E-state index in [-0.39, 0.29) is 18.0 Å². The lowest BCUT2D eigenvalue weighted by molar-refractivity contribution is 0.0428. The molecule has 0 saturated heterocycles. The Hall–Kier alpha value is -2.36. The van der Waals surface area contributed by atoms with Crippen LogP contribution in [-0.4, -0.2) is 45.7 Å². The Morgan fingerprint density at radius 2 is 1.79 bits per heavy atom. The number of aryl methyl sites for hydroxylation is 2. The minimum atomic E-state index is -3.56. The molecule has 9 heteroatoms. The Morgan fingerprint density at radius 3 is 2.38 bits per heavy atom. The minimum absolute atomic E-state index is 0.0877. The zero-order valence-corrected chi connectivity index (χ0v) is 18.1. The summed E-state index contributed by atoms with van der Waals surface area (Å²) in [5.41, 5.74) is -0.249. The van der Waals surface area contributed by atoms with Crippen molar-refractivity contribution in [1.29, 1.82) is 0 Å². The summed E-state index contributed by atoms with van der Waals surface area (Å²) in [6.45, 7) is 8.51. The van der Waals surface area contributed by atoms with Crippen LogP contribution in [0, 0.1) is 13.8 Å². The molecule has 1 atom stereocenters. The van der Waals surface area contributed by atoms with Crippen molar-refractivity contribution in [3.63, 3.8) is 0 Å². The fourth-order valence-electron chi connectivity index (χ4n) is 2.54. The summed E-state index contributed by atoms with van der Waals surface area (Å²) >= 11 is 0. The van der Waals surface area contributed by atoms with E-state index in [1.807, 2.05) is 20.8 Å². The molecule has 0 radical (unpaired) electrons. The van der Waals surface area contributed by atoms with Crippen molar-refractivity contribution in [1.82, 2.24) is 15.4 Å². The molecule has 160 valence electrons. The highest BCUT2D eigenvalue weighted by Crippen LogP contribution is 2.23. The molecule has 8 nitrogen and oxygen atoms in total. The first kappa shape index (κ1) is 22.9. The lowest BCUT2D eigenvalue weighted by Crippen LogP contribution is -2.42. The van der Waals surface area contributed by atoms with E-state index in [2.05, 4.69) is 20.3 Å². The van der Waals surface area contributed by atoms with Gasteiger partial charge in [-0.25, -0.2) is 18.1 Å². The molecule has 0 aliphatic heterocycles. The maximum Gasteiger partial charge on any atom is 0.240 e. The van der Waals surface area contributed by atoms with Gasteiger partial charge in [0.05, 0.1) is 11.4 Å². The van der Waals surface area contributed by atoms with E-state index in [1.54, 1.807) is 43.3 Å². The predicted molar refractivity (Wildman–Crippen MR) is 113 cm³/mol. The molecule has 29 heavy (non-hydrogen) atoms. The average molecular weight is 423 g/mol. The molecule has 2 aromatic rings. The molecule has 0 aliphatic carbocycles. The van der Waals surface area contributed by atoms with Gasteiger partial charge >= 0.3 is 0 Å². The van der Waals surface area contributed by atoms with Crippen LogP contribution in [-0.2, 0) is 15.6 Å². The van der Waals surface area contributed by atoms with Crippen LogP contribution in [0.2, 0.25) is 0 Å². The Balaban J connectivity index is 1.90. The number of sulfonamides is 1. The van der Waals surface area contributed by atoms with Crippen molar-refractivity contribution in [3.05, 3.63) is 53.5 Å². The average Bonchev–Trinajstić information content (AvgIpc) is 3.11. The van der Waals surface area contributed by atoms with E-state index >= 15 is 0 Å². The summed E-state index contributed by atoms with van der Waals surface area (Å²) < 4.78 is 32.6. The highest BCUT2D eigenvalue weighted by Gasteiger charge is 2.26. The van der Waals surface area contributed by atoms with Crippen molar-refractivity contribution in [2.45, 2.75) is 38.2 Å². The smallest absolute Gasteiger partial charge is 0.240 e. The van der Waals surface area contributed by atoms with Crippen LogP contribution in [0.4, 0.5) is 0 Å². The van der Waals surface area contributed by atoms with E-state index in [4.69, 9.17) is 4.42 Å². The van der Waals surface area contributed by atoms with Gasteiger partial charge in [0.2, 0.25) is 10.0 Å². The van der Waals surface area contributed by atoms with Crippen LogP contribution in [0.25, 0.3) is 0 Å². The third-order valence-electron chi connectivity index (χ3n) is 4.20. The van der Waals surface area contributed by atoms with E-state index in [0.717, 1.165) is 11.3 Å². The third kappa shape index (κ3) is 6.88. The number of rotatable bonds is 9. The lowest BCUT2D eigenvalue weighted by Gasteiger charge is -2.19. The van der Waals surface area contributed by atoms with E-state index in [9.17, 15) is 13.5 Å². The summed E-state index contributed by atoms with van der Waals surface area (Å²) in [4.78, 5) is 4.61. The SMILES string of the molecule is CCNC(=NCC(C)(O)c1ccc(C)o1)NCCNS(=O)(=O)c1ccc(C)cc1. The summed E-state index contributed by atoms with van der Waals surface area (Å²) in [7, 11) is -3.56. The van der Waals surface area contributed by atoms with Crippen LogP contribution in [0.3, 0.4) is 0 Å². The van der Waals surface area contributed by atoms with Gasteiger partial charge in [0.25, 0.3) is 0 Å². The summed E-state index contributed by atoms with van der Waals surface area (Å²) in [6, 6.07) is 10.2. The molecule has 0 fully saturated rings. The normalized spacial score (nSPS) is 14.4. The van der Waals surface area contributed by atoms with E-state index in [1.165, 1.54) is 0 Å². The first-order valence-corrected chi connectivity index (χ1v) is 11.0. The number of aliphatic hydroxyl groups is 1. The molecule has 1 unspecified atom stereocenters. The van der Waals surface area contributed by atoms with Crippen LogP contribution >= 0.6 is 0 Å². The zero-order chi connectivity index (χ0) is 21.5. The van der Waals surface area contributed by atoms with Gasteiger partial charge in [-0.15, -0.1) is 0 Å². The molecule has 1 heterocycles. The zero-order valence-electron chi connectivity index (χ0n) is 17.3. The molecule has 0 aliphatic rings. The van der Waals surface area contributed by atoms with Crippen LogP contribution < -0.4 is 15.4 Å². The fourth-order valence-corrected chi connectivity index (χ4v) is 3.58. The highest BCUT2D eigenvalue weighted by atomic mass is 32.2. The Labute approximate surface area is 172 Å². The second kappa shape index (κ2) is 9.91. The molecule has 0 amide bonds. The molecule has 1 aromatic carbocycles. The number of aliphatic imine (C=N–C) groups is 1. The standard InChI is InChI=1S/C20H30N4O4S/c1-5-21-19(23-14-20(4,25)18-11-8-16(3)28-18)22-12-13-24-29(26,27)17-9-6-15(2)7-10-17/h6-11,24-25H,5,12-14H2,1-4H3,(H2,21,22,23). The van der Waals surface area contributed by atoms with Gasteiger partial charge in [-0.1, -0.05) is 17.7 Å². The molecule has 0 saturated carbocycles. The second-order valence-electron chi connectivity index (χ2n) is 7.02. The predicted octanol–water partition coefficient (Wildman–Crippen LogP) is 1.64. The van der Waals surface area contributed by atoms with Crippen molar-refractivity contribution >= 4 is 16.0 Å². The van der Waals surface area contributed by atoms with Gasteiger partial charge in [-0.2, -0.15) is 0 Å². The number of benzene rings is 1. The van der Waals surface area contributed by atoms with Gasteiger partial charge in [0.15, 0.2) is 5.96 Å². The number of hydrogen-bond donors (Lipinski definition) is 4. The Bertz CT molecular complexity index is 918. The molecule has 0 spiro atoms. The van der Waals surface area contributed by atoms with Crippen LogP contribution in [0.15, 0.2) is 50.7 Å². The quantitative estimate of drug-likeness (QED) is 0.277. The maximum atomic E-state index is 12.3. The summed E-state index contributed by atoms with van der Waals surface area (Å²) in [5, 5.41) is 16.7. The molecule has 2 rings (SSSR count). The number of nitrogens with one attached hydrogen (secondary N) is 3.